The highest BCUT2D eigenvalue weighted by molar-refractivity contribution is 7.99. The van der Waals surface area contributed by atoms with E-state index in [4.69, 9.17) is 0 Å². The van der Waals surface area contributed by atoms with Crippen molar-refractivity contribution in [3.8, 4) is 0 Å². The third kappa shape index (κ3) is 2.64. The molecule has 0 radical (unpaired) electrons. The highest BCUT2D eigenvalue weighted by Crippen LogP contribution is 2.38. The molecule has 0 amide bonds. The Morgan fingerprint density at radius 1 is 1.47 bits per heavy atom. The number of rotatable bonds is 5. The molecule has 1 aliphatic heterocycles. The van der Waals surface area contributed by atoms with Crippen molar-refractivity contribution in [2.45, 2.75) is 17.2 Å². The Kier molecular flexibility index (Phi) is 3.87. The molecule has 1 aromatic carbocycles. The molecule has 0 fully saturated rings. The van der Waals surface area contributed by atoms with E-state index in [0.717, 1.165) is 19.5 Å². The second-order valence-electron chi connectivity index (χ2n) is 3.83. The second kappa shape index (κ2) is 5.38. The van der Waals surface area contributed by atoms with Crippen LogP contribution in [0.2, 0.25) is 0 Å². The van der Waals surface area contributed by atoms with Gasteiger partial charge in [-0.1, -0.05) is 24.3 Å². The van der Waals surface area contributed by atoms with Gasteiger partial charge < -0.3 is 5.32 Å². The van der Waals surface area contributed by atoms with E-state index in [2.05, 4.69) is 36.2 Å². The Morgan fingerprint density at radius 2 is 2.33 bits per heavy atom. The fourth-order valence-corrected chi connectivity index (χ4v) is 3.13. The van der Waals surface area contributed by atoms with Crippen molar-refractivity contribution in [2.75, 3.05) is 18.8 Å². The minimum Gasteiger partial charge on any atom is -0.316 e. The zero-order valence-corrected chi connectivity index (χ0v) is 9.72. The summed E-state index contributed by atoms with van der Waals surface area (Å²) in [5, 5.41) is 3.48. The van der Waals surface area contributed by atoms with E-state index >= 15 is 0 Å². The van der Waals surface area contributed by atoms with Gasteiger partial charge in [-0.2, -0.15) is 0 Å². The average Bonchev–Trinajstić information content (AvgIpc) is 2.68. The highest BCUT2D eigenvalue weighted by atomic mass is 32.2. The Balaban J connectivity index is 1.88. The van der Waals surface area contributed by atoms with Crippen LogP contribution in [-0.2, 0) is 0 Å². The maximum absolute atomic E-state index is 3.72. The quantitative estimate of drug-likeness (QED) is 0.603. The SMILES string of the molecule is C=CCCNCC1CSc2ccccc21. The van der Waals surface area contributed by atoms with Crippen LogP contribution in [0.4, 0.5) is 0 Å². The van der Waals surface area contributed by atoms with Crippen molar-refractivity contribution in [2.24, 2.45) is 0 Å². The van der Waals surface area contributed by atoms with Gasteiger partial charge in [0.2, 0.25) is 0 Å². The summed E-state index contributed by atoms with van der Waals surface area (Å²) in [6, 6.07) is 8.75. The minimum atomic E-state index is 0.691. The monoisotopic (exact) mass is 219 g/mol. The fraction of sp³-hybridized carbons (Fsp3) is 0.385. The lowest BCUT2D eigenvalue weighted by atomic mass is 10.0. The summed E-state index contributed by atoms with van der Waals surface area (Å²) in [4.78, 5) is 1.47. The summed E-state index contributed by atoms with van der Waals surface area (Å²) in [5.41, 5.74) is 1.52. The molecule has 1 heterocycles. The first kappa shape index (κ1) is 10.8. The molecule has 1 aromatic rings. The van der Waals surface area contributed by atoms with Gasteiger partial charge in [-0.3, -0.25) is 0 Å². The van der Waals surface area contributed by atoms with Gasteiger partial charge >= 0.3 is 0 Å². The standard InChI is InChI=1S/C13H17NS/c1-2-3-8-14-9-11-10-15-13-7-5-4-6-12(11)13/h2,4-7,11,14H,1,3,8-10H2. The van der Waals surface area contributed by atoms with Gasteiger partial charge in [0.25, 0.3) is 0 Å². The maximum atomic E-state index is 3.72. The van der Waals surface area contributed by atoms with Crippen molar-refractivity contribution >= 4 is 11.8 Å². The topological polar surface area (TPSA) is 12.0 Å². The van der Waals surface area contributed by atoms with Crippen molar-refractivity contribution in [3.63, 3.8) is 0 Å². The molecule has 0 bridgehead atoms. The summed E-state index contributed by atoms with van der Waals surface area (Å²) in [5.74, 6) is 1.91. The summed E-state index contributed by atoms with van der Waals surface area (Å²) >= 11 is 1.98. The van der Waals surface area contributed by atoms with Crippen LogP contribution < -0.4 is 5.32 Å². The molecule has 0 saturated heterocycles. The van der Waals surface area contributed by atoms with Gasteiger partial charge in [-0.25, -0.2) is 0 Å². The molecule has 1 aliphatic rings. The summed E-state index contributed by atoms with van der Waals surface area (Å²) in [6.07, 6.45) is 3.02. The molecule has 1 unspecified atom stereocenters. The molecule has 0 spiro atoms. The molecular weight excluding hydrogens is 202 g/mol. The van der Waals surface area contributed by atoms with Crippen LogP contribution in [-0.4, -0.2) is 18.8 Å². The molecule has 2 heteroatoms. The van der Waals surface area contributed by atoms with Gasteiger partial charge in [0.05, 0.1) is 0 Å². The van der Waals surface area contributed by atoms with Crippen LogP contribution in [0.1, 0.15) is 17.9 Å². The van der Waals surface area contributed by atoms with E-state index in [9.17, 15) is 0 Å². The number of thioether (sulfide) groups is 1. The molecule has 2 rings (SSSR count). The predicted octanol–water partition coefficient (Wildman–Crippen LogP) is 3.04. The second-order valence-corrected chi connectivity index (χ2v) is 4.89. The number of hydrogen-bond acceptors (Lipinski definition) is 2. The lowest BCUT2D eigenvalue weighted by molar-refractivity contribution is 0.626. The van der Waals surface area contributed by atoms with Crippen LogP contribution in [0.3, 0.4) is 0 Å². The first-order valence-corrected chi connectivity index (χ1v) is 6.43. The summed E-state index contributed by atoms with van der Waals surface area (Å²) in [6.45, 7) is 5.87. The molecule has 1 N–H and O–H groups in total. The van der Waals surface area contributed by atoms with Gasteiger partial charge in [0.1, 0.15) is 0 Å². The number of nitrogens with one attached hydrogen (secondary N) is 1. The molecular formula is C13H17NS. The first-order valence-electron chi connectivity index (χ1n) is 5.45. The van der Waals surface area contributed by atoms with Gasteiger partial charge in [-0.05, 0) is 24.6 Å². The Bertz CT molecular complexity index is 335. The Hall–Kier alpha value is -0.730. The number of hydrogen-bond donors (Lipinski definition) is 1. The maximum Gasteiger partial charge on any atom is 0.0108 e. The molecule has 1 nitrogen and oxygen atoms in total. The lowest BCUT2D eigenvalue weighted by Gasteiger charge is -2.11. The van der Waals surface area contributed by atoms with E-state index in [0.29, 0.717) is 5.92 Å². The smallest absolute Gasteiger partial charge is 0.0108 e. The summed E-state index contributed by atoms with van der Waals surface area (Å²) < 4.78 is 0. The third-order valence-electron chi connectivity index (χ3n) is 2.71. The molecule has 1 atom stereocenters. The predicted molar refractivity (Wildman–Crippen MR) is 67.6 cm³/mol. The molecule has 0 aromatic heterocycles. The van der Waals surface area contributed by atoms with Crippen LogP contribution in [0.25, 0.3) is 0 Å². The Labute approximate surface area is 96.0 Å². The average molecular weight is 219 g/mol. The van der Waals surface area contributed by atoms with E-state index in [1.807, 2.05) is 17.8 Å². The minimum absolute atomic E-state index is 0.691. The van der Waals surface area contributed by atoms with E-state index in [1.165, 1.54) is 16.2 Å². The zero-order chi connectivity index (χ0) is 10.5. The van der Waals surface area contributed by atoms with E-state index in [-0.39, 0.29) is 0 Å². The van der Waals surface area contributed by atoms with Crippen molar-refractivity contribution < 1.29 is 0 Å². The fourth-order valence-electron chi connectivity index (χ4n) is 1.88. The molecule has 15 heavy (non-hydrogen) atoms. The van der Waals surface area contributed by atoms with Crippen molar-refractivity contribution in [1.82, 2.24) is 5.32 Å². The summed E-state index contributed by atoms with van der Waals surface area (Å²) in [7, 11) is 0. The van der Waals surface area contributed by atoms with Crippen molar-refractivity contribution in [3.05, 3.63) is 42.5 Å². The van der Waals surface area contributed by atoms with E-state index in [1.54, 1.807) is 0 Å². The van der Waals surface area contributed by atoms with Gasteiger partial charge in [0.15, 0.2) is 0 Å². The third-order valence-corrected chi connectivity index (χ3v) is 3.97. The molecule has 0 aliphatic carbocycles. The highest BCUT2D eigenvalue weighted by Gasteiger charge is 2.21. The molecule has 80 valence electrons. The number of fused-ring (bicyclic) bond motifs is 1. The van der Waals surface area contributed by atoms with Gasteiger partial charge in [0, 0.05) is 23.1 Å². The largest absolute Gasteiger partial charge is 0.316 e. The first-order chi connectivity index (χ1) is 7.42. The normalized spacial score (nSPS) is 18.8. The van der Waals surface area contributed by atoms with Crippen LogP contribution in [0, 0.1) is 0 Å². The molecule has 0 saturated carbocycles. The van der Waals surface area contributed by atoms with Crippen molar-refractivity contribution in [1.29, 1.82) is 0 Å². The van der Waals surface area contributed by atoms with E-state index < -0.39 is 0 Å². The van der Waals surface area contributed by atoms with Gasteiger partial charge in [-0.15, -0.1) is 18.3 Å². The van der Waals surface area contributed by atoms with Crippen LogP contribution in [0.15, 0.2) is 41.8 Å². The zero-order valence-electron chi connectivity index (χ0n) is 8.91. The van der Waals surface area contributed by atoms with Crippen LogP contribution in [0.5, 0.6) is 0 Å². The Morgan fingerprint density at radius 3 is 3.20 bits per heavy atom. The number of benzene rings is 1. The van der Waals surface area contributed by atoms with Crippen LogP contribution >= 0.6 is 11.8 Å². The lowest BCUT2D eigenvalue weighted by Crippen LogP contribution is -2.22.